The van der Waals surface area contributed by atoms with Crippen LogP contribution in [0.2, 0.25) is 0 Å². The van der Waals surface area contributed by atoms with Crippen molar-refractivity contribution < 1.29 is 5.11 Å². The third-order valence-corrected chi connectivity index (χ3v) is 2.14. The van der Waals surface area contributed by atoms with Crippen LogP contribution in [-0.2, 0) is 6.42 Å². The highest BCUT2D eigenvalue weighted by Crippen LogP contribution is 2.10. The Kier molecular flexibility index (Phi) is 2.28. The Morgan fingerprint density at radius 1 is 1.46 bits per heavy atom. The third-order valence-electron chi connectivity index (χ3n) is 1.67. The first-order chi connectivity index (χ1) is 6.29. The van der Waals surface area contributed by atoms with Crippen molar-refractivity contribution in [3.8, 4) is 0 Å². The van der Waals surface area contributed by atoms with Gasteiger partial charge in [0.2, 0.25) is 0 Å². The zero-order valence-corrected chi connectivity index (χ0v) is 8.40. The van der Waals surface area contributed by atoms with Crippen molar-refractivity contribution in [1.82, 2.24) is 14.6 Å². The number of fused-ring (bicyclic) bond motifs is 1. The van der Waals surface area contributed by atoms with E-state index < -0.39 is 0 Å². The Labute approximate surface area is 83.3 Å². The average Bonchev–Trinajstić information content (AvgIpc) is 2.46. The summed E-state index contributed by atoms with van der Waals surface area (Å²) in [4.78, 5) is 4.21. The van der Waals surface area contributed by atoms with E-state index in [9.17, 15) is 0 Å². The molecule has 0 spiro atoms. The average molecular weight is 242 g/mol. The molecule has 0 fully saturated rings. The van der Waals surface area contributed by atoms with Gasteiger partial charge in [0.1, 0.15) is 0 Å². The molecule has 4 nitrogen and oxygen atoms in total. The first-order valence-electron chi connectivity index (χ1n) is 3.91. The highest BCUT2D eigenvalue weighted by Gasteiger charge is 2.01. The van der Waals surface area contributed by atoms with Crippen molar-refractivity contribution in [1.29, 1.82) is 0 Å². The number of hydrogen-bond acceptors (Lipinski definition) is 3. The van der Waals surface area contributed by atoms with Crippen LogP contribution in [0.1, 0.15) is 5.82 Å². The van der Waals surface area contributed by atoms with Crippen LogP contribution in [0.4, 0.5) is 0 Å². The largest absolute Gasteiger partial charge is 0.396 e. The molecule has 0 unspecified atom stereocenters. The van der Waals surface area contributed by atoms with E-state index in [2.05, 4.69) is 26.0 Å². The molecule has 0 bridgehead atoms. The van der Waals surface area contributed by atoms with Gasteiger partial charge < -0.3 is 5.11 Å². The number of rotatable bonds is 2. The lowest BCUT2D eigenvalue weighted by Gasteiger charge is -1.90. The number of aliphatic hydroxyl groups excluding tert-OH is 1. The second kappa shape index (κ2) is 3.43. The Bertz CT molecular complexity index is 426. The predicted molar refractivity (Wildman–Crippen MR) is 51.5 cm³/mol. The van der Waals surface area contributed by atoms with Crippen molar-refractivity contribution in [3.63, 3.8) is 0 Å². The van der Waals surface area contributed by atoms with Crippen molar-refractivity contribution in [2.75, 3.05) is 6.61 Å². The summed E-state index contributed by atoms with van der Waals surface area (Å²) >= 11 is 3.34. The van der Waals surface area contributed by atoms with Crippen molar-refractivity contribution in [2.45, 2.75) is 6.42 Å². The highest BCUT2D eigenvalue weighted by molar-refractivity contribution is 9.10. The fourth-order valence-electron chi connectivity index (χ4n) is 1.11. The molecule has 0 aliphatic rings. The lowest BCUT2D eigenvalue weighted by atomic mass is 10.4. The van der Waals surface area contributed by atoms with Gasteiger partial charge in [-0.2, -0.15) is 5.10 Å². The fraction of sp³-hybridized carbons (Fsp3) is 0.250. The van der Waals surface area contributed by atoms with Gasteiger partial charge in [0.25, 0.3) is 0 Å². The minimum absolute atomic E-state index is 0.0814. The summed E-state index contributed by atoms with van der Waals surface area (Å²) in [6.45, 7) is 0.0814. The van der Waals surface area contributed by atoms with Gasteiger partial charge in [-0.05, 0) is 28.1 Å². The molecule has 0 atom stereocenters. The zero-order valence-electron chi connectivity index (χ0n) is 6.81. The Morgan fingerprint density at radius 2 is 2.31 bits per heavy atom. The Balaban J connectivity index is 2.49. The van der Waals surface area contributed by atoms with Gasteiger partial charge in [-0.15, -0.1) is 0 Å². The van der Waals surface area contributed by atoms with Crippen LogP contribution in [0.25, 0.3) is 5.65 Å². The summed E-state index contributed by atoms with van der Waals surface area (Å²) in [5.74, 6) is 0.667. The molecular weight excluding hydrogens is 234 g/mol. The van der Waals surface area contributed by atoms with Crippen LogP contribution >= 0.6 is 15.9 Å². The van der Waals surface area contributed by atoms with Gasteiger partial charge in [-0.1, -0.05) is 0 Å². The Morgan fingerprint density at radius 3 is 3.08 bits per heavy atom. The van der Waals surface area contributed by atoms with Crippen LogP contribution in [0.3, 0.4) is 0 Å². The lowest BCUT2D eigenvalue weighted by molar-refractivity contribution is 0.296. The first-order valence-corrected chi connectivity index (χ1v) is 4.70. The molecule has 2 heterocycles. The van der Waals surface area contributed by atoms with Gasteiger partial charge >= 0.3 is 0 Å². The highest BCUT2D eigenvalue weighted by atomic mass is 79.9. The summed E-state index contributed by atoms with van der Waals surface area (Å²) in [6.07, 6.45) is 2.34. The van der Waals surface area contributed by atoms with Gasteiger partial charge in [-0.25, -0.2) is 9.50 Å². The predicted octanol–water partition coefficient (Wildman–Crippen LogP) is 1.03. The maximum atomic E-state index is 8.70. The molecule has 0 amide bonds. The monoisotopic (exact) mass is 241 g/mol. The second-order valence-electron chi connectivity index (χ2n) is 2.65. The number of aromatic nitrogens is 3. The Hall–Kier alpha value is -0.940. The molecule has 2 aromatic heterocycles. The van der Waals surface area contributed by atoms with E-state index >= 15 is 0 Å². The van der Waals surface area contributed by atoms with Crippen LogP contribution in [-0.4, -0.2) is 26.3 Å². The first kappa shape index (κ1) is 8.65. The minimum atomic E-state index is 0.0814. The molecule has 0 saturated heterocycles. The topological polar surface area (TPSA) is 50.4 Å². The van der Waals surface area contributed by atoms with E-state index in [-0.39, 0.29) is 6.61 Å². The molecule has 13 heavy (non-hydrogen) atoms. The number of pyridine rings is 1. The molecule has 5 heteroatoms. The quantitative estimate of drug-likeness (QED) is 0.855. The van der Waals surface area contributed by atoms with Crippen LogP contribution in [0.15, 0.2) is 22.8 Å². The number of nitrogens with zero attached hydrogens (tertiary/aromatic N) is 3. The van der Waals surface area contributed by atoms with E-state index in [0.717, 1.165) is 10.1 Å². The SMILES string of the molecule is OCCc1nc2ccc(Br)cn2n1. The van der Waals surface area contributed by atoms with Crippen LogP contribution in [0, 0.1) is 0 Å². The summed E-state index contributed by atoms with van der Waals surface area (Å²) in [5, 5.41) is 12.9. The maximum absolute atomic E-state index is 8.70. The zero-order chi connectivity index (χ0) is 9.26. The van der Waals surface area contributed by atoms with Crippen molar-refractivity contribution in [2.24, 2.45) is 0 Å². The van der Waals surface area contributed by atoms with Gasteiger partial charge in [0.15, 0.2) is 11.5 Å². The normalized spacial score (nSPS) is 10.9. The molecule has 0 saturated carbocycles. The summed E-state index contributed by atoms with van der Waals surface area (Å²) in [5.41, 5.74) is 0.798. The molecule has 2 rings (SSSR count). The van der Waals surface area contributed by atoms with E-state index in [1.54, 1.807) is 4.52 Å². The molecule has 0 aliphatic heterocycles. The minimum Gasteiger partial charge on any atom is -0.396 e. The summed E-state index contributed by atoms with van der Waals surface area (Å²) in [7, 11) is 0. The maximum Gasteiger partial charge on any atom is 0.155 e. The fourth-order valence-corrected chi connectivity index (χ4v) is 1.44. The van der Waals surface area contributed by atoms with E-state index in [4.69, 9.17) is 5.11 Å². The molecule has 68 valence electrons. The van der Waals surface area contributed by atoms with Crippen LogP contribution in [0.5, 0.6) is 0 Å². The molecule has 0 aromatic carbocycles. The number of halogens is 1. The van der Waals surface area contributed by atoms with Crippen molar-refractivity contribution in [3.05, 3.63) is 28.6 Å². The van der Waals surface area contributed by atoms with Crippen molar-refractivity contribution >= 4 is 21.6 Å². The molecule has 0 aliphatic carbocycles. The molecule has 2 aromatic rings. The van der Waals surface area contributed by atoms with Gasteiger partial charge in [0, 0.05) is 17.1 Å². The van der Waals surface area contributed by atoms with Gasteiger partial charge in [0.05, 0.1) is 6.61 Å². The third kappa shape index (κ3) is 1.71. The van der Waals surface area contributed by atoms with E-state index in [1.807, 2.05) is 18.3 Å². The van der Waals surface area contributed by atoms with E-state index in [0.29, 0.717) is 12.2 Å². The summed E-state index contributed by atoms with van der Waals surface area (Å²) < 4.78 is 2.65. The van der Waals surface area contributed by atoms with Gasteiger partial charge in [-0.3, -0.25) is 0 Å². The van der Waals surface area contributed by atoms with Crippen LogP contribution < -0.4 is 0 Å². The number of hydrogen-bond donors (Lipinski definition) is 1. The smallest absolute Gasteiger partial charge is 0.155 e. The second-order valence-corrected chi connectivity index (χ2v) is 3.57. The molecule has 1 N–H and O–H groups in total. The number of aliphatic hydroxyl groups is 1. The standard InChI is InChI=1S/C8H8BrN3O/c9-6-1-2-8-10-7(3-4-13)11-12(8)5-6/h1-2,5,13H,3-4H2. The lowest BCUT2D eigenvalue weighted by Crippen LogP contribution is -1.93. The molecule has 0 radical (unpaired) electrons. The van der Waals surface area contributed by atoms with E-state index in [1.165, 1.54) is 0 Å². The summed E-state index contributed by atoms with van der Waals surface area (Å²) in [6, 6.07) is 3.78. The molecular formula is C8H8BrN3O.